The number of hydrogen-bond donors (Lipinski definition) is 1. The van der Waals surface area contributed by atoms with Crippen LogP contribution in [0.15, 0.2) is 53.4 Å². The van der Waals surface area contributed by atoms with E-state index in [-0.39, 0.29) is 0 Å². The number of hydrogen-bond acceptors (Lipinski definition) is 2. The summed E-state index contributed by atoms with van der Waals surface area (Å²) >= 11 is 0. The predicted octanol–water partition coefficient (Wildman–Crippen LogP) is 1.95. The molecule has 0 radical (unpaired) electrons. The third-order valence-corrected chi connectivity index (χ3v) is 7.28. The molecule has 25 heavy (non-hydrogen) atoms. The molecule has 1 atom stereocenters. The summed E-state index contributed by atoms with van der Waals surface area (Å²) in [5.74, 6) is 0. The van der Waals surface area contributed by atoms with E-state index in [4.69, 9.17) is 0 Å². The third-order valence-electron chi connectivity index (χ3n) is 5.22. The minimum atomic E-state index is -3.40. The highest BCUT2D eigenvalue weighted by molar-refractivity contribution is 7.89. The lowest BCUT2D eigenvalue weighted by Crippen LogP contribution is -3.14. The van der Waals surface area contributed by atoms with E-state index in [1.54, 1.807) is 10.4 Å². The maximum Gasteiger partial charge on any atom is 0.243 e. The summed E-state index contributed by atoms with van der Waals surface area (Å²) in [7, 11) is -3.40. The van der Waals surface area contributed by atoms with Crippen LogP contribution in [0, 0.1) is 13.8 Å². The highest BCUT2D eigenvalue weighted by Crippen LogP contribution is 2.21. The lowest BCUT2D eigenvalue weighted by Gasteiger charge is -2.35. The summed E-state index contributed by atoms with van der Waals surface area (Å²) in [6.45, 7) is 8.89. The zero-order valence-electron chi connectivity index (χ0n) is 15.2. The molecular formula is C20H27N2O2S+. The number of quaternary nitrogens is 1. The lowest BCUT2D eigenvalue weighted by molar-refractivity contribution is -0.933. The van der Waals surface area contributed by atoms with Gasteiger partial charge in [0, 0.05) is 5.56 Å². The second-order valence-corrected chi connectivity index (χ2v) is 8.87. The fraction of sp³-hybridized carbons (Fsp3) is 0.400. The van der Waals surface area contributed by atoms with Gasteiger partial charge in [0.05, 0.1) is 31.1 Å². The monoisotopic (exact) mass is 359 g/mol. The Labute approximate surface area is 151 Å². The molecule has 1 saturated heterocycles. The number of rotatable bonds is 4. The average molecular weight is 360 g/mol. The molecule has 0 spiro atoms. The number of piperazine rings is 1. The molecule has 0 bridgehead atoms. The summed E-state index contributed by atoms with van der Waals surface area (Å²) in [6, 6.07) is 16.4. The maximum atomic E-state index is 13.0. The van der Waals surface area contributed by atoms with Crippen molar-refractivity contribution in [3.63, 3.8) is 0 Å². The Hall–Kier alpha value is -1.69. The number of benzene rings is 2. The van der Waals surface area contributed by atoms with Crippen LogP contribution in [-0.2, 0) is 10.0 Å². The van der Waals surface area contributed by atoms with E-state index in [1.807, 2.05) is 32.0 Å². The molecule has 134 valence electrons. The summed E-state index contributed by atoms with van der Waals surface area (Å²) in [4.78, 5) is 1.89. The average Bonchev–Trinajstić information content (AvgIpc) is 2.61. The summed E-state index contributed by atoms with van der Waals surface area (Å²) < 4.78 is 27.6. The van der Waals surface area contributed by atoms with E-state index < -0.39 is 10.0 Å². The van der Waals surface area contributed by atoms with Crippen LogP contribution in [0.1, 0.15) is 29.7 Å². The Balaban J connectivity index is 1.71. The van der Waals surface area contributed by atoms with Crippen molar-refractivity contribution in [3.8, 4) is 0 Å². The molecule has 4 nitrogen and oxygen atoms in total. The number of nitrogens with one attached hydrogen (secondary N) is 1. The van der Waals surface area contributed by atoms with E-state index in [9.17, 15) is 8.42 Å². The predicted molar refractivity (Wildman–Crippen MR) is 100 cm³/mol. The summed E-state index contributed by atoms with van der Waals surface area (Å²) in [5.41, 5.74) is 3.22. The molecule has 1 aliphatic heterocycles. The van der Waals surface area contributed by atoms with E-state index >= 15 is 0 Å². The van der Waals surface area contributed by atoms with Gasteiger partial charge in [0.25, 0.3) is 0 Å². The van der Waals surface area contributed by atoms with Gasteiger partial charge in [-0.1, -0.05) is 48.0 Å². The molecule has 1 aliphatic rings. The normalized spacial score (nSPS) is 18.2. The number of nitrogens with zero attached hydrogens (tertiary/aromatic N) is 1. The van der Waals surface area contributed by atoms with Gasteiger partial charge in [0.1, 0.15) is 6.04 Å². The van der Waals surface area contributed by atoms with Crippen molar-refractivity contribution in [2.75, 3.05) is 26.2 Å². The van der Waals surface area contributed by atoms with Crippen molar-refractivity contribution in [1.82, 2.24) is 4.31 Å². The first kappa shape index (κ1) is 18.1. The van der Waals surface area contributed by atoms with E-state index in [0.717, 1.165) is 24.2 Å². The number of aryl methyl sites for hydroxylation is 2. The maximum absolute atomic E-state index is 13.0. The molecule has 1 N–H and O–H groups in total. The van der Waals surface area contributed by atoms with E-state index in [2.05, 4.69) is 31.2 Å². The van der Waals surface area contributed by atoms with Crippen molar-refractivity contribution >= 4 is 10.0 Å². The van der Waals surface area contributed by atoms with Gasteiger partial charge >= 0.3 is 0 Å². The second-order valence-electron chi connectivity index (χ2n) is 6.96. The highest BCUT2D eigenvalue weighted by Gasteiger charge is 2.33. The van der Waals surface area contributed by atoms with Gasteiger partial charge in [-0.05, 0) is 32.4 Å². The third kappa shape index (κ3) is 3.78. The highest BCUT2D eigenvalue weighted by atomic mass is 32.2. The first-order valence-corrected chi connectivity index (χ1v) is 10.3. The van der Waals surface area contributed by atoms with Gasteiger partial charge in [-0.2, -0.15) is 4.31 Å². The standard InChI is InChI=1S/C20H26N2O2S/c1-16-9-10-20(17(2)15-16)25(23,24)22-13-11-21(12-14-22)18(3)19-7-5-4-6-8-19/h4-10,15,18H,11-14H2,1-3H3/p+1/t18-/m1/s1. The van der Waals surface area contributed by atoms with Crippen molar-refractivity contribution in [1.29, 1.82) is 0 Å². The minimum absolute atomic E-state index is 0.382. The molecule has 0 saturated carbocycles. The van der Waals surface area contributed by atoms with Crippen LogP contribution in [0.3, 0.4) is 0 Å². The van der Waals surface area contributed by atoms with Gasteiger partial charge in [-0.3, -0.25) is 0 Å². The Morgan fingerprint density at radius 1 is 1.00 bits per heavy atom. The van der Waals surface area contributed by atoms with Crippen molar-refractivity contribution < 1.29 is 13.3 Å². The van der Waals surface area contributed by atoms with Crippen molar-refractivity contribution in [2.24, 2.45) is 0 Å². The molecule has 1 heterocycles. The molecule has 0 aliphatic carbocycles. The topological polar surface area (TPSA) is 41.8 Å². The van der Waals surface area contributed by atoms with Crippen LogP contribution in [-0.4, -0.2) is 38.9 Å². The van der Waals surface area contributed by atoms with E-state index in [1.165, 1.54) is 10.5 Å². The van der Waals surface area contributed by atoms with Crippen molar-refractivity contribution in [3.05, 3.63) is 65.2 Å². The Morgan fingerprint density at radius 2 is 1.64 bits per heavy atom. The zero-order chi connectivity index (χ0) is 18.0. The van der Waals surface area contributed by atoms with Gasteiger partial charge < -0.3 is 4.90 Å². The minimum Gasteiger partial charge on any atom is -0.327 e. The molecule has 0 unspecified atom stereocenters. The molecule has 0 amide bonds. The quantitative estimate of drug-likeness (QED) is 0.907. The van der Waals surface area contributed by atoms with Crippen LogP contribution < -0.4 is 4.90 Å². The lowest BCUT2D eigenvalue weighted by atomic mass is 10.1. The fourth-order valence-electron chi connectivity index (χ4n) is 3.65. The Morgan fingerprint density at radius 3 is 2.24 bits per heavy atom. The zero-order valence-corrected chi connectivity index (χ0v) is 16.0. The van der Waals surface area contributed by atoms with E-state index in [0.29, 0.717) is 24.0 Å². The van der Waals surface area contributed by atoms with Crippen LogP contribution in [0.25, 0.3) is 0 Å². The molecule has 1 fully saturated rings. The number of sulfonamides is 1. The van der Waals surface area contributed by atoms with Gasteiger partial charge in [0.2, 0.25) is 10.0 Å². The van der Waals surface area contributed by atoms with Gasteiger partial charge in [-0.15, -0.1) is 0 Å². The molecule has 5 heteroatoms. The molecule has 3 rings (SSSR count). The summed E-state index contributed by atoms with van der Waals surface area (Å²) in [6.07, 6.45) is 0. The van der Waals surface area contributed by atoms with Gasteiger partial charge in [-0.25, -0.2) is 8.42 Å². The molecule has 2 aromatic carbocycles. The van der Waals surface area contributed by atoms with Gasteiger partial charge in [0.15, 0.2) is 0 Å². The fourth-order valence-corrected chi connectivity index (χ4v) is 5.30. The van der Waals surface area contributed by atoms with Crippen LogP contribution in [0.2, 0.25) is 0 Å². The first-order valence-electron chi connectivity index (χ1n) is 8.86. The Kier molecular flexibility index (Phi) is 5.27. The molecule has 0 aromatic heterocycles. The van der Waals surface area contributed by atoms with Crippen LogP contribution >= 0.6 is 0 Å². The molecule has 2 aromatic rings. The molecular weight excluding hydrogens is 332 g/mol. The second kappa shape index (κ2) is 7.28. The Bertz CT molecular complexity index is 826. The van der Waals surface area contributed by atoms with Crippen molar-refractivity contribution in [2.45, 2.75) is 31.7 Å². The van der Waals surface area contributed by atoms with Crippen LogP contribution in [0.5, 0.6) is 0 Å². The SMILES string of the molecule is Cc1ccc(S(=O)(=O)N2CC[NH+]([C@H](C)c3ccccc3)CC2)c(C)c1. The summed E-state index contributed by atoms with van der Waals surface area (Å²) in [5, 5.41) is 0. The first-order chi connectivity index (χ1) is 11.9. The largest absolute Gasteiger partial charge is 0.327 e. The van der Waals surface area contributed by atoms with Crippen LogP contribution in [0.4, 0.5) is 0 Å². The smallest absolute Gasteiger partial charge is 0.243 e.